The molecular formula is C16H26BaO4. The summed E-state index contributed by atoms with van der Waals surface area (Å²) in [4.78, 5) is 19.7. The second-order valence-electron chi connectivity index (χ2n) is 4.43. The third-order valence-electron chi connectivity index (χ3n) is 2.46. The summed E-state index contributed by atoms with van der Waals surface area (Å²) in [6.07, 6.45) is 14.0. The second-order valence-corrected chi connectivity index (χ2v) is 4.43. The van der Waals surface area contributed by atoms with Gasteiger partial charge in [-0.1, -0.05) is 51.7 Å². The molecule has 0 rings (SSSR count). The van der Waals surface area contributed by atoms with Crippen LogP contribution in [0.15, 0.2) is 24.3 Å². The number of unbranched alkanes of at least 4 members (excludes halogenated alkanes) is 6. The zero-order chi connectivity index (χ0) is 15.6. The predicted molar refractivity (Wildman–Crippen MR) is 82.3 cm³/mol. The van der Waals surface area contributed by atoms with Crippen LogP contribution < -0.4 is 10.2 Å². The summed E-state index contributed by atoms with van der Waals surface area (Å²) in [5.74, 6) is -2.20. The Morgan fingerprint density at radius 3 is 1.33 bits per heavy atom. The summed E-state index contributed by atoms with van der Waals surface area (Å²) in [7, 11) is 0. The Balaban J connectivity index is -0.000000295. The molecule has 5 heteroatoms. The van der Waals surface area contributed by atoms with Gasteiger partial charge in [0.2, 0.25) is 0 Å². The molecule has 21 heavy (non-hydrogen) atoms. The average Bonchev–Trinajstić information content (AvgIpc) is 2.38. The van der Waals surface area contributed by atoms with Gasteiger partial charge in [-0.3, -0.25) is 0 Å². The van der Waals surface area contributed by atoms with Crippen LogP contribution in [0.4, 0.5) is 0 Å². The molecule has 0 unspecified atom stereocenters. The van der Waals surface area contributed by atoms with E-state index in [2.05, 4.69) is 13.8 Å². The number of carbonyl (C=O) groups is 2. The number of carboxylic acid groups (broad SMARTS) is 2. The quantitative estimate of drug-likeness (QED) is 0.304. The number of carbonyl (C=O) groups excluding carboxylic acids is 2. The molecule has 0 aromatic rings. The zero-order valence-corrected chi connectivity index (χ0v) is 17.7. The number of allylic oxidation sites excluding steroid dienone is 2. The Hall–Kier alpha value is -0.00857. The van der Waals surface area contributed by atoms with Crippen LogP contribution in [0.2, 0.25) is 0 Å². The molecule has 0 heterocycles. The van der Waals surface area contributed by atoms with Crippen molar-refractivity contribution in [3.8, 4) is 0 Å². The summed E-state index contributed by atoms with van der Waals surface area (Å²) in [6, 6.07) is 0. The van der Waals surface area contributed by atoms with Crippen molar-refractivity contribution in [1.29, 1.82) is 0 Å². The van der Waals surface area contributed by atoms with Gasteiger partial charge < -0.3 is 19.8 Å². The van der Waals surface area contributed by atoms with Crippen molar-refractivity contribution in [1.82, 2.24) is 0 Å². The van der Waals surface area contributed by atoms with Gasteiger partial charge >= 0.3 is 48.9 Å². The first-order valence-corrected chi connectivity index (χ1v) is 7.29. The molecule has 0 amide bonds. The van der Waals surface area contributed by atoms with Crippen LogP contribution in [-0.2, 0) is 9.59 Å². The molecule has 0 N–H and O–H groups in total. The summed E-state index contributed by atoms with van der Waals surface area (Å²) < 4.78 is 0. The zero-order valence-electron chi connectivity index (χ0n) is 13.3. The van der Waals surface area contributed by atoms with Gasteiger partial charge in [0.25, 0.3) is 0 Å². The van der Waals surface area contributed by atoms with Gasteiger partial charge in [-0.15, -0.1) is 0 Å². The fraction of sp³-hybridized carbons (Fsp3) is 0.625. The molecule has 0 saturated heterocycles. The van der Waals surface area contributed by atoms with E-state index in [-0.39, 0.29) is 48.9 Å². The first-order valence-electron chi connectivity index (χ1n) is 7.29. The van der Waals surface area contributed by atoms with Crippen molar-refractivity contribution in [2.45, 2.75) is 65.2 Å². The molecule has 4 nitrogen and oxygen atoms in total. The van der Waals surface area contributed by atoms with E-state index >= 15 is 0 Å². The number of carboxylic acids is 2. The first-order chi connectivity index (χ1) is 9.54. The molecule has 0 atom stereocenters. The molecule has 0 saturated carbocycles. The average molecular weight is 420 g/mol. The van der Waals surface area contributed by atoms with Crippen LogP contribution in [0.25, 0.3) is 0 Å². The minimum Gasteiger partial charge on any atom is -0.545 e. The van der Waals surface area contributed by atoms with Crippen LogP contribution in [0.5, 0.6) is 0 Å². The van der Waals surface area contributed by atoms with Gasteiger partial charge in [-0.25, -0.2) is 0 Å². The maximum absolute atomic E-state index is 9.83. The van der Waals surface area contributed by atoms with Gasteiger partial charge in [0.1, 0.15) is 0 Å². The maximum atomic E-state index is 9.83. The molecule has 0 aromatic carbocycles. The molecule has 116 valence electrons. The second kappa shape index (κ2) is 22.3. The molecule has 0 aliphatic carbocycles. The van der Waals surface area contributed by atoms with E-state index in [1.807, 2.05) is 0 Å². The van der Waals surface area contributed by atoms with Gasteiger partial charge in [0.05, 0.1) is 11.9 Å². The van der Waals surface area contributed by atoms with Crippen LogP contribution in [0, 0.1) is 0 Å². The van der Waals surface area contributed by atoms with Crippen molar-refractivity contribution in [2.24, 2.45) is 0 Å². The molecule has 0 aliphatic rings. The number of rotatable bonds is 10. The molecule has 0 bridgehead atoms. The third kappa shape index (κ3) is 33.1. The maximum Gasteiger partial charge on any atom is 2.00 e. The van der Waals surface area contributed by atoms with E-state index in [9.17, 15) is 19.8 Å². The standard InChI is InChI=1S/2C8H14O2.Ba/c2*1-2-3-4-5-6-7-8(9)10;/h2*6-7H,2-5H2,1H3,(H,9,10);/q;;+2/p-2. The van der Waals surface area contributed by atoms with Crippen molar-refractivity contribution in [3.05, 3.63) is 24.3 Å². The minimum atomic E-state index is -1.10. The van der Waals surface area contributed by atoms with Gasteiger partial charge in [0, 0.05) is 0 Å². The largest absolute Gasteiger partial charge is 2.00 e. The van der Waals surface area contributed by atoms with Crippen LogP contribution in [-0.4, -0.2) is 60.8 Å². The number of hydrogen-bond acceptors (Lipinski definition) is 4. The van der Waals surface area contributed by atoms with E-state index in [1.54, 1.807) is 12.2 Å². The fourth-order valence-corrected chi connectivity index (χ4v) is 1.38. The third-order valence-corrected chi connectivity index (χ3v) is 2.46. The summed E-state index contributed by atoms with van der Waals surface area (Å²) in [5, 5.41) is 19.7. The van der Waals surface area contributed by atoms with Gasteiger partial charge in [-0.2, -0.15) is 0 Å². The summed E-state index contributed by atoms with van der Waals surface area (Å²) >= 11 is 0. The van der Waals surface area contributed by atoms with Crippen LogP contribution in [0.3, 0.4) is 0 Å². The Morgan fingerprint density at radius 1 is 0.762 bits per heavy atom. The first kappa shape index (κ1) is 25.9. The number of aliphatic carboxylic acids is 2. The fourth-order valence-electron chi connectivity index (χ4n) is 1.38. The monoisotopic (exact) mass is 420 g/mol. The smallest absolute Gasteiger partial charge is 0.545 e. The van der Waals surface area contributed by atoms with E-state index in [4.69, 9.17) is 0 Å². The van der Waals surface area contributed by atoms with Crippen molar-refractivity contribution in [3.63, 3.8) is 0 Å². The molecule has 0 fully saturated rings. The molecule has 0 aromatic heterocycles. The SMILES string of the molecule is CCCCCC=CC(=O)[O-].CCCCCC=CC(=O)[O-].[Ba+2]. The van der Waals surface area contributed by atoms with E-state index in [1.165, 1.54) is 12.8 Å². The Kier molecular flexibility index (Phi) is 27.5. The molecule has 0 aliphatic heterocycles. The van der Waals surface area contributed by atoms with Crippen LogP contribution >= 0.6 is 0 Å². The van der Waals surface area contributed by atoms with Crippen LogP contribution in [0.1, 0.15) is 65.2 Å². The van der Waals surface area contributed by atoms with Crippen molar-refractivity contribution >= 4 is 60.8 Å². The summed E-state index contributed by atoms with van der Waals surface area (Å²) in [5.41, 5.74) is 0. The van der Waals surface area contributed by atoms with Gasteiger partial charge in [0.15, 0.2) is 0 Å². The van der Waals surface area contributed by atoms with E-state index in [0.29, 0.717) is 0 Å². The Labute approximate surface area is 168 Å². The topological polar surface area (TPSA) is 80.3 Å². The Bertz CT molecular complexity index is 269. The van der Waals surface area contributed by atoms with E-state index in [0.717, 1.165) is 50.7 Å². The molecule has 0 spiro atoms. The number of hydrogen-bond donors (Lipinski definition) is 0. The van der Waals surface area contributed by atoms with Crippen molar-refractivity contribution in [2.75, 3.05) is 0 Å². The normalized spacial score (nSPS) is 10.0. The van der Waals surface area contributed by atoms with Gasteiger partial charge in [-0.05, 0) is 37.8 Å². The predicted octanol–water partition coefficient (Wildman–Crippen LogP) is 1.36. The molecule has 0 radical (unpaired) electrons. The van der Waals surface area contributed by atoms with E-state index < -0.39 is 11.9 Å². The Morgan fingerprint density at radius 2 is 1.10 bits per heavy atom. The summed E-state index contributed by atoms with van der Waals surface area (Å²) in [6.45, 7) is 4.23. The molecular weight excluding hydrogens is 394 g/mol. The van der Waals surface area contributed by atoms with Crippen molar-refractivity contribution < 1.29 is 19.8 Å². The minimum absolute atomic E-state index is 0.